The molecule has 0 aromatic heterocycles. The smallest absolute Gasteiger partial charge is 0.376 e. The number of methoxy groups -OCH3 is 1. The van der Waals surface area contributed by atoms with Gasteiger partial charge >= 0.3 is 11.9 Å². The van der Waals surface area contributed by atoms with Crippen LogP contribution in [0.4, 0.5) is 8.78 Å². The van der Waals surface area contributed by atoms with E-state index in [-0.39, 0.29) is 18.6 Å². The van der Waals surface area contributed by atoms with Crippen LogP contribution in [0.3, 0.4) is 0 Å². The van der Waals surface area contributed by atoms with Crippen molar-refractivity contribution in [2.75, 3.05) is 7.11 Å². The van der Waals surface area contributed by atoms with Crippen molar-refractivity contribution in [2.24, 2.45) is 0 Å². The maximum absolute atomic E-state index is 12.8. The predicted octanol–water partition coefficient (Wildman–Crippen LogP) is 1.94. The zero-order valence-corrected chi connectivity index (χ0v) is 8.31. The minimum atomic E-state index is -3.43. The van der Waals surface area contributed by atoms with Gasteiger partial charge in [0.05, 0.1) is 7.11 Å². The SMILES string of the molecule is COC(=O)C(F)(F)CCCCC(C)=O. The third kappa shape index (κ3) is 4.89. The molecular formula is C9H14F2O3. The Morgan fingerprint density at radius 3 is 2.29 bits per heavy atom. The number of rotatable bonds is 6. The average Bonchev–Trinajstić information content (AvgIpc) is 2.10. The molecule has 0 heterocycles. The fraction of sp³-hybridized carbons (Fsp3) is 0.778. The Kier molecular flexibility index (Phi) is 5.27. The second kappa shape index (κ2) is 5.67. The molecule has 0 aliphatic heterocycles. The summed E-state index contributed by atoms with van der Waals surface area (Å²) >= 11 is 0. The number of carbonyl (C=O) groups excluding carboxylic acids is 2. The normalized spacial score (nSPS) is 11.1. The molecule has 0 atom stereocenters. The molecule has 0 unspecified atom stereocenters. The van der Waals surface area contributed by atoms with Gasteiger partial charge in [0.1, 0.15) is 5.78 Å². The van der Waals surface area contributed by atoms with E-state index in [1.54, 1.807) is 0 Å². The monoisotopic (exact) mass is 208 g/mol. The van der Waals surface area contributed by atoms with Gasteiger partial charge in [-0.25, -0.2) is 4.79 Å². The van der Waals surface area contributed by atoms with Gasteiger partial charge in [-0.3, -0.25) is 0 Å². The molecule has 0 bridgehead atoms. The van der Waals surface area contributed by atoms with Crippen LogP contribution in [0, 0.1) is 0 Å². The molecule has 0 aliphatic carbocycles. The van der Waals surface area contributed by atoms with Gasteiger partial charge in [0.25, 0.3) is 0 Å². The summed E-state index contributed by atoms with van der Waals surface area (Å²) in [7, 11) is 0.922. The van der Waals surface area contributed by atoms with E-state index >= 15 is 0 Å². The minimum absolute atomic E-state index is 0.0358. The molecule has 0 amide bonds. The number of ether oxygens (including phenoxy) is 1. The molecule has 0 aromatic rings. The van der Waals surface area contributed by atoms with E-state index in [9.17, 15) is 18.4 Å². The summed E-state index contributed by atoms with van der Waals surface area (Å²) in [5.41, 5.74) is 0. The van der Waals surface area contributed by atoms with E-state index in [2.05, 4.69) is 4.74 Å². The van der Waals surface area contributed by atoms with Crippen LogP contribution in [0.15, 0.2) is 0 Å². The number of alkyl halides is 2. The highest BCUT2D eigenvalue weighted by Gasteiger charge is 2.39. The Labute approximate surface area is 81.4 Å². The van der Waals surface area contributed by atoms with Gasteiger partial charge < -0.3 is 9.53 Å². The van der Waals surface area contributed by atoms with E-state index in [4.69, 9.17) is 0 Å². The van der Waals surface area contributed by atoms with E-state index in [0.29, 0.717) is 6.42 Å². The number of carbonyl (C=O) groups is 2. The van der Waals surface area contributed by atoms with Crippen LogP contribution in [0.1, 0.15) is 32.6 Å². The molecule has 5 heteroatoms. The van der Waals surface area contributed by atoms with Gasteiger partial charge in [-0.1, -0.05) is 0 Å². The summed E-state index contributed by atoms with van der Waals surface area (Å²) < 4.78 is 29.5. The van der Waals surface area contributed by atoms with Crippen molar-refractivity contribution < 1.29 is 23.1 Å². The van der Waals surface area contributed by atoms with Crippen LogP contribution in [0.5, 0.6) is 0 Å². The van der Waals surface area contributed by atoms with E-state index in [0.717, 1.165) is 7.11 Å². The third-order valence-electron chi connectivity index (χ3n) is 1.75. The first-order valence-corrected chi connectivity index (χ1v) is 4.36. The lowest BCUT2D eigenvalue weighted by Crippen LogP contribution is -2.29. The van der Waals surface area contributed by atoms with Crippen LogP contribution in [0.25, 0.3) is 0 Å². The molecular weight excluding hydrogens is 194 g/mol. The quantitative estimate of drug-likeness (QED) is 0.495. The van der Waals surface area contributed by atoms with E-state index < -0.39 is 18.3 Å². The van der Waals surface area contributed by atoms with Crippen LogP contribution < -0.4 is 0 Å². The largest absolute Gasteiger partial charge is 0.465 e. The maximum atomic E-state index is 12.8. The zero-order chi connectivity index (χ0) is 11.2. The molecule has 0 spiro atoms. The molecule has 82 valence electrons. The van der Waals surface area contributed by atoms with Gasteiger partial charge in [-0.05, 0) is 19.8 Å². The van der Waals surface area contributed by atoms with Crippen molar-refractivity contribution in [3.8, 4) is 0 Å². The first-order chi connectivity index (χ1) is 6.40. The van der Waals surface area contributed by atoms with Gasteiger partial charge in [0.2, 0.25) is 0 Å². The Balaban J connectivity index is 3.76. The zero-order valence-electron chi connectivity index (χ0n) is 8.31. The number of halogens is 2. The van der Waals surface area contributed by atoms with Gasteiger partial charge in [0, 0.05) is 12.8 Å². The summed E-state index contributed by atoms with van der Waals surface area (Å²) in [5, 5.41) is 0. The van der Waals surface area contributed by atoms with Crippen molar-refractivity contribution in [3.63, 3.8) is 0 Å². The molecule has 0 aliphatic rings. The topological polar surface area (TPSA) is 43.4 Å². The van der Waals surface area contributed by atoms with E-state index in [1.165, 1.54) is 6.92 Å². The summed E-state index contributed by atoms with van der Waals surface area (Å²) in [6, 6.07) is 0. The van der Waals surface area contributed by atoms with Crippen molar-refractivity contribution in [1.82, 2.24) is 0 Å². The van der Waals surface area contributed by atoms with Crippen LogP contribution in [-0.4, -0.2) is 24.8 Å². The molecule has 0 N–H and O–H groups in total. The fourth-order valence-electron chi connectivity index (χ4n) is 0.972. The first-order valence-electron chi connectivity index (χ1n) is 4.36. The Hall–Kier alpha value is -1.00. The van der Waals surface area contributed by atoms with Crippen molar-refractivity contribution in [2.45, 2.75) is 38.5 Å². The molecule has 0 aromatic carbocycles. The number of Topliss-reactive ketones (excluding diaryl/α,β-unsaturated/α-hetero) is 1. The number of esters is 1. The summed E-state index contributed by atoms with van der Waals surface area (Å²) in [6.45, 7) is 1.40. The lowest BCUT2D eigenvalue weighted by atomic mass is 10.1. The minimum Gasteiger partial charge on any atom is -0.465 e. The molecule has 0 saturated heterocycles. The number of hydrogen-bond donors (Lipinski definition) is 0. The number of ketones is 1. The second-order valence-electron chi connectivity index (χ2n) is 3.11. The average molecular weight is 208 g/mol. The summed E-state index contributed by atoms with van der Waals surface area (Å²) in [4.78, 5) is 21.0. The molecule has 0 rings (SSSR count). The van der Waals surface area contributed by atoms with Gasteiger partial charge in [-0.2, -0.15) is 8.78 Å². The lowest BCUT2D eigenvalue weighted by molar-refractivity contribution is -0.169. The summed E-state index contributed by atoms with van der Waals surface area (Å²) in [6.07, 6.45) is 0.230. The predicted molar refractivity (Wildman–Crippen MR) is 46.1 cm³/mol. The van der Waals surface area contributed by atoms with Crippen LogP contribution in [0.2, 0.25) is 0 Å². The Morgan fingerprint density at radius 2 is 1.86 bits per heavy atom. The Morgan fingerprint density at radius 1 is 1.29 bits per heavy atom. The highest BCUT2D eigenvalue weighted by atomic mass is 19.3. The molecule has 0 fully saturated rings. The van der Waals surface area contributed by atoms with Crippen LogP contribution in [-0.2, 0) is 14.3 Å². The molecule has 0 radical (unpaired) electrons. The molecule has 0 saturated carbocycles. The third-order valence-corrected chi connectivity index (χ3v) is 1.75. The fourth-order valence-corrected chi connectivity index (χ4v) is 0.972. The maximum Gasteiger partial charge on any atom is 0.376 e. The summed E-state index contributed by atoms with van der Waals surface area (Å²) in [5.74, 6) is -4.97. The van der Waals surface area contributed by atoms with Gasteiger partial charge in [0.15, 0.2) is 0 Å². The van der Waals surface area contributed by atoms with Gasteiger partial charge in [-0.15, -0.1) is 0 Å². The second-order valence-corrected chi connectivity index (χ2v) is 3.11. The standard InChI is InChI=1S/C9H14F2O3/c1-7(12)5-3-4-6-9(10,11)8(13)14-2/h3-6H2,1-2H3. The van der Waals surface area contributed by atoms with E-state index in [1.807, 2.05) is 0 Å². The van der Waals surface area contributed by atoms with Crippen molar-refractivity contribution in [1.29, 1.82) is 0 Å². The highest BCUT2D eigenvalue weighted by Crippen LogP contribution is 2.23. The highest BCUT2D eigenvalue weighted by molar-refractivity contribution is 5.77. The molecule has 3 nitrogen and oxygen atoms in total. The van der Waals surface area contributed by atoms with Crippen molar-refractivity contribution in [3.05, 3.63) is 0 Å². The van der Waals surface area contributed by atoms with Crippen molar-refractivity contribution >= 4 is 11.8 Å². The van der Waals surface area contributed by atoms with Crippen LogP contribution >= 0.6 is 0 Å². The first kappa shape index (κ1) is 13.0. The lowest BCUT2D eigenvalue weighted by Gasteiger charge is -2.12. The molecule has 14 heavy (non-hydrogen) atoms. The Bertz CT molecular complexity index is 214. The number of hydrogen-bond acceptors (Lipinski definition) is 3. The number of unbranched alkanes of at least 4 members (excludes halogenated alkanes) is 1.